The van der Waals surface area contributed by atoms with Gasteiger partial charge in [0.25, 0.3) is 0 Å². The summed E-state index contributed by atoms with van der Waals surface area (Å²) in [5.74, 6) is 0.598. The predicted octanol–water partition coefficient (Wildman–Crippen LogP) is 4.54. The molecule has 2 N–H and O–H groups in total. The van der Waals surface area contributed by atoms with Crippen LogP contribution in [0.5, 0.6) is 5.75 Å². The third-order valence-corrected chi connectivity index (χ3v) is 4.10. The zero-order chi connectivity index (χ0) is 22.2. The normalized spacial score (nSPS) is 11.5. The number of para-hydroxylation sites is 1. The van der Waals surface area contributed by atoms with E-state index in [2.05, 4.69) is 10.6 Å². The van der Waals surface area contributed by atoms with Crippen LogP contribution in [0.15, 0.2) is 54.6 Å². The largest absolute Gasteiger partial charge is 0.491 e. The summed E-state index contributed by atoms with van der Waals surface area (Å²) in [6.07, 6.45) is -0.409. The summed E-state index contributed by atoms with van der Waals surface area (Å²) in [5, 5.41) is 5.57. The molecule has 0 aliphatic rings. The molecular formula is C24H32N2O4. The Balaban J connectivity index is 1.80. The van der Waals surface area contributed by atoms with Crippen molar-refractivity contribution in [1.82, 2.24) is 10.6 Å². The molecule has 2 amide bonds. The number of carbonyl (C=O) groups excluding carboxylic acids is 2. The lowest BCUT2D eigenvalue weighted by Gasteiger charge is -2.28. The standard InChI is InChI=1S/C24H32N2O4/c1-23(2,3)30-22(28)26-24(4,5)17-21(27)25-15-16-29-20-14-10-9-13-19(20)18-11-7-6-8-12-18/h6-14H,15-17H2,1-5H3,(H,25,27)(H,26,28). The zero-order valence-corrected chi connectivity index (χ0v) is 18.5. The van der Waals surface area contributed by atoms with Gasteiger partial charge in [-0.3, -0.25) is 4.79 Å². The van der Waals surface area contributed by atoms with Gasteiger partial charge in [-0.25, -0.2) is 4.79 Å². The van der Waals surface area contributed by atoms with E-state index in [0.717, 1.165) is 16.9 Å². The van der Waals surface area contributed by atoms with E-state index >= 15 is 0 Å². The Bertz CT molecular complexity index is 842. The van der Waals surface area contributed by atoms with Gasteiger partial charge in [-0.1, -0.05) is 48.5 Å². The highest BCUT2D eigenvalue weighted by Gasteiger charge is 2.26. The lowest BCUT2D eigenvalue weighted by molar-refractivity contribution is -0.122. The van der Waals surface area contributed by atoms with Crippen molar-refractivity contribution in [2.45, 2.75) is 52.2 Å². The van der Waals surface area contributed by atoms with Gasteiger partial charge in [0.1, 0.15) is 18.0 Å². The number of hydrogen-bond donors (Lipinski definition) is 2. The lowest BCUT2D eigenvalue weighted by atomic mass is 10.0. The summed E-state index contributed by atoms with van der Waals surface area (Å²) in [6.45, 7) is 9.65. The Kier molecular flexibility index (Phi) is 7.86. The van der Waals surface area contributed by atoms with Crippen molar-refractivity contribution in [2.75, 3.05) is 13.2 Å². The Morgan fingerprint density at radius 1 is 0.900 bits per heavy atom. The first-order valence-electron chi connectivity index (χ1n) is 10.1. The molecule has 0 bridgehead atoms. The number of amides is 2. The Labute approximate surface area is 179 Å². The molecule has 6 heteroatoms. The minimum absolute atomic E-state index is 0.132. The minimum Gasteiger partial charge on any atom is -0.491 e. The van der Waals surface area contributed by atoms with Crippen LogP contribution in [0.1, 0.15) is 41.0 Å². The van der Waals surface area contributed by atoms with Crippen LogP contribution in [0, 0.1) is 0 Å². The van der Waals surface area contributed by atoms with Gasteiger partial charge in [0, 0.05) is 17.5 Å². The molecule has 0 fully saturated rings. The van der Waals surface area contributed by atoms with Crippen LogP contribution >= 0.6 is 0 Å². The topological polar surface area (TPSA) is 76.7 Å². The maximum absolute atomic E-state index is 12.3. The number of rotatable bonds is 8. The summed E-state index contributed by atoms with van der Waals surface area (Å²) in [6, 6.07) is 17.8. The van der Waals surface area contributed by atoms with Gasteiger partial charge in [0.15, 0.2) is 0 Å². The van der Waals surface area contributed by atoms with Gasteiger partial charge < -0.3 is 20.1 Å². The van der Waals surface area contributed by atoms with Crippen LogP contribution in [0.4, 0.5) is 4.79 Å². The van der Waals surface area contributed by atoms with E-state index in [4.69, 9.17) is 9.47 Å². The number of hydrogen-bond acceptors (Lipinski definition) is 4. The third-order valence-electron chi connectivity index (χ3n) is 4.10. The predicted molar refractivity (Wildman–Crippen MR) is 118 cm³/mol. The molecule has 0 heterocycles. The number of alkyl carbamates (subject to hydrolysis) is 1. The van der Waals surface area contributed by atoms with Crippen molar-refractivity contribution in [3.8, 4) is 16.9 Å². The Morgan fingerprint density at radius 2 is 1.53 bits per heavy atom. The molecule has 2 aromatic carbocycles. The fourth-order valence-corrected chi connectivity index (χ4v) is 2.89. The fourth-order valence-electron chi connectivity index (χ4n) is 2.89. The highest BCUT2D eigenvalue weighted by atomic mass is 16.6. The van der Waals surface area contributed by atoms with Crippen molar-refractivity contribution >= 4 is 12.0 Å². The lowest BCUT2D eigenvalue weighted by Crippen LogP contribution is -2.48. The monoisotopic (exact) mass is 412 g/mol. The van der Waals surface area contributed by atoms with Crippen molar-refractivity contribution < 1.29 is 19.1 Å². The SMILES string of the molecule is CC(C)(CC(=O)NCCOc1ccccc1-c1ccccc1)NC(=O)OC(C)(C)C. The highest BCUT2D eigenvalue weighted by molar-refractivity contribution is 5.78. The maximum atomic E-state index is 12.3. The molecule has 0 saturated carbocycles. The summed E-state index contributed by atoms with van der Waals surface area (Å²) in [5.41, 5.74) is 0.766. The zero-order valence-electron chi connectivity index (χ0n) is 18.5. The van der Waals surface area contributed by atoms with Crippen molar-refractivity contribution in [3.05, 3.63) is 54.6 Å². The van der Waals surface area contributed by atoms with Gasteiger partial charge in [-0.15, -0.1) is 0 Å². The van der Waals surface area contributed by atoms with E-state index in [1.54, 1.807) is 34.6 Å². The quantitative estimate of drug-likeness (QED) is 0.624. The van der Waals surface area contributed by atoms with Gasteiger partial charge >= 0.3 is 6.09 Å². The van der Waals surface area contributed by atoms with Gasteiger partial charge in [-0.2, -0.15) is 0 Å². The summed E-state index contributed by atoms with van der Waals surface area (Å²) >= 11 is 0. The van der Waals surface area contributed by atoms with Crippen LogP contribution in [0.3, 0.4) is 0 Å². The molecule has 0 atom stereocenters. The molecule has 162 valence electrons. The van der Waals surface area contributed by atoms with E-state index in [1.807, 2.05) is 54.6 Å². The van der Waals surface area contributed by atoms with Gasteiger partial charge in [0.2, 0.25) is 5.91 Å². The first-order valence-corrected chi connectivity index (χ1v) is 10.1. The van der Waals surface area contributed by atoms with Crippen LogP contribution in [-0.2, 0) is 9.53 Å². The molecule has 6 nitrogen and oxygen atoms in total. The van der Waals surface area contributed by atoms with Crippen LogP contribution in [-0.4, -0.2) is 36.3 Å². The molecule has 0 unspecified atom stereocenters. The molecular weight excluding hydrogens is 380 g/mol. The molecule has 0 aliphatic carbocycles. The first kappa shape index (κ1) is 23.3. The van der Waals surface area contributed by atoms with Gasteiger partial charge in [0.05, 0.1) is 6.54 Å². The summed E-state index contributed by atoms with van der Waals surface area (Å²) in [7, 11) is 0. The van der Waals surface area contributed by atoms with Crippen LogP contribution < -0.4 is 15.4 Å². The van der Waals surface area contributed by atoms with Crippen LogP contribution in [0.2, 0.25) is 0 Å². The van der Waals surface area contributed by atoms with E-state index in [9.17, 15) is 9.59 Å². The second kappa shape index (κ2) is 10.1. The molecule has 0 aromatic heterocycles. The third kappa shape index (κ3) is 8.15. The van der Waals surface area contributed by atoms with E-state index in [-0.39, 0.29) is 12.3 Å². The average Bonchev–Trinajstić information content (AvgIpc) is 2.63. The second-order valence-electron chi connectivity index (χ2n) is 8.75. The Hall–Kier alpha value is -3.02. The minimum atomic E-state index is -0.729. The number of carbonyl (C=O) groups is 2. The number of benzene rings is 2. The smallest absolute Gasteiger partial charge is 0.408 e. The van der Waals surface area contributed by atoms with E-state index in [1.165, 1.54) is 0 Å². The fraction of sp³-hybridized carbons (Fsp3) is 0.417. The Morgan fingerprint density at radius 3 is 2.20 bits per heavy atom. The van der Waals surface area contributed by atoms with Crippen molar-refractivity contribution in [3.63, 3.8) is 0 Å². The molecule has 0 saturated heterocycles. The van der Waals surface area contributed by atoms with Gasteiger partial charge in [-0.05, 0) is 46.2 Å². The molecule has 0 radical (unpaired) electrons. The highest BCUT2D eigenvalue weighted by Crippen LogP contribution is 2.29. The molecule has 2 aromatic rings. The average molecular weight is 413 g/mol. The van der Waals surface area contributed by atoms with Crippen molar-refractivity contribution in [1.29, 1.82) is 0 Å². The summed E-state index contributed by atoms with van der Waals surface area (Å²) < 4.78 is 11.1. The van der Waals surface area contributed by atoms with E-state index in [0.29, 0.717) is 13.2 Å². The number of nitrogens with one attached hydrogen (secondary N) is 2. The number of ether oxygens (including phenoxy) is 2. The molecule has 2 rings (SSSR count). The van der Waals surface area contributed by atoms with E-state index < -0.39 is 17.2 Å². The molecule has 0 aliphatic heterocycles. The first-order chi connectivity index (χ1) is 14.1. The molecule has 30 heavy (non-hydrogen) atoms. The maximum Gasteiger partial charge on any atom is 0.408 e. The molecule has 0 spiro atoms. The second-order valence-corrected chi connectivity index (χ2v) is 8.75. The summed E-state index contributed by atoms with van der Waals surface area (Å²) in [4.78, 5) is 24.2. The van der Waals surface area contributed by atoms with Crippen molar-refractivity contribution in [2.24, 2.45) is 0 Å². The van der Waals surface area contributed by atoms with Crippen LogP contribution in [0.25, 0.3) is 11.1 Å².